The van der Waals surface area contributed by atoms with Crippen molar-refractivity contribution in [3.8, 4) is 0 Å². The predicted octanol–water partition coefficient (Wildman–Crippen LogP) is 1.77. The molecule has 1 aromatic carbocycles. The van der Waals surface area contributed by atoms with Crippen LogP contribution in [0.15, 0.2) is 18.2 Å². The summed E-state index contributed by atoms with van der Waals surface area (Å²) in [4.78, 5) is 24.9. The lowest BCUT2D eigenvalue weighted by Crippen LogP contribution is -2.31. The molecule has 0 bridgehead atoms. The van der Waals surface area contributed by atoms with Crippen LogP contribution in [0.3, 0.4) is 0 Å². The predicted molar refractivity (Wildman–Crippen MR) is 78.3 cm³/mol. The minimum atomic E-state index is -1.06. The first-order chi connectivity index (χ1) is 9.41. The van der Waals surface area contributed by atoms with Crippen LogP contribution in [0.5, 0.6) is 0 Å². The number of rotatable bonds is 6. The van der Waals surface area contributed by atoms with Crippen LogP contribution in [0.25, 0.3) is 0 Å². The Kier molecular flexibility index (Phi) is 5.99. The number of carbonyl (C=O) groups excluding carboxylic acids is 1. The van der Waals surface area contributed by atoms with E-state index in [1.165, 1.54) is 6.07 Å². The minimum Gasteiger partial charge on any atom is -0.478 e. The Bertz CT molecular complexity index is 487. The van der Waals surface area contributed by atoms with Gasteiger partial charge in [0.15, 0.2) is 0 Å². The molecule has 6 heteroatoms. The number of amides is 2. The highest BCUT2D eigenvalue weighted by molar-refractivity contribution is 6.00. The molecule has 0 fully saturated rings. The zero-order valence-electron chi connectivity index (χ0n) is 12.1. The Hall–Kier alpha value is -2.08. The van der Waals surface area contributed by atoms with Crippen LogP contribution >= 0.6 is 0 Å². The zero-order valence-corrected chi connectivity index (χ0v) is 12.1. The van der Waals surface area contributed by atoms with E-state index in [9.17, 15) is 9.59 Å². The fourth-order valence-corrected chi connectivity index (χ4v) is 1.77. The number of hydrogen-bond acceptors (Lipinski definition) is 3. The summed E-state index contributed by atoms with van der Waals surface area (Å²) in [5.74, 6) is -1.06. The molecule has 1 rings (SSSR count). The molecular weight excluding hydrogens is 258 g/mol. The maximum atomic E-state index is 11.8. The van der Waals surface area contributed by atoms with Crippen molar-refractivity contribution >= 4 is 17.7 Å². The zero-order chi connectivity index (χ0) is 15.1. The summed E-state index contributed by atoms with van der Waals surface area (Å²) in [6.07, 6.45) is 0.833. The number of nitrogens with zero attached hydrogens (tertiary/aromatic N) is 1. The molecule has 3 N–H and O–H groups in total. The molecule has 6 nitrogen and oxygen atoms in total. The minimum absolute atomic E-state index is 0.0911. The second-order valence-corrected chi connectivity index (χ2v) is 4.84. The first-order valence-corrected chi connectivity index (χ1v) is 6.44. The van der Waals surface area contributed by atoms with Gasteiger partial charge in [-0.2, -0.15) is 0 Å². The Balaban J connectivity index is 2.60. The van der Waals surface area contributed by atoms with Crippen LogP contribution < -0.4 is 10.6 Å². The molecule has 0 aromatic heterocycles. The maximum absolute atomic E-state index is 11.8. The highest BCUT2D eigenvalue weighted by atomic mass is 16.4. The molecular formula is C14H21N3O3. The monoisotopic (exact) mass is 279 g/mol. The number of benzene rings is 1. The Labute approximate surface area is 118 Å². The van der Waals surface area contributed by atoms with Gasteiger partial charge in [-0.15, -0.1) is 0 Å². The molecule has 0 aliphatic carbocycles. The van der Waals surface area contributed by atoms with Crippen molar-refractivity contribution < 1.29 is 14.7 Å². The van der Waals surface area contributed by atoms with Gasteiger partial charge in [0.2, 0.25) is 0 Å². The molecule has 0 aliphatic heterocycles. The molecule has 20 heavy (non-hydrogen) atoms. The van der Waals surface area contributed by atoms with Crippen molar-refractivity contribution in [3.05, 3.63) is 29.3 Å². The average Bonchev–Trinajstić information content (AvgIpc) is 2.36. The smallest absolute Gasteiger partial charge is 0.337 e. The average molecular weight is 279 g/mol. The number of nitrogens with one attached hydrogen (secondary N) is 2. The number of hydrogen-bond donors (Lipinski definition) is 3. The van der Waals surface area contributed by atoms with E-state index in [1.807, 2.05) is 19.0 Å². The highest BCUT2D eigenvalue weighted by Gasteiger charge is 2.13. The number of aryl methyl sites for hydroxylation is 1. The van der Waals surface area contributed by atoms with Crippen molar-refractivity contribution in [2.45, 2.75) is 13.3 Å². The van der Waals surface area contributed by atoms with Gasteiger partial charge in [-0.05, 0) is 45.6 Å². The van der Waals surface area contributed by atoms with Gasteiger partial charge in [0.05, 0.1) is 11.3 Å². The van der Waals surface area contributed by atoms with E-state index >= 15 is 0 Å². The summed E-state index contributed by atoms with van der Waals surface area (Å²) >= 11 is 0. The second-order valence-electron chi connectivity index (χ2n) is 4.84. The van der Waals surface area contributed by atoms with E-state index in [-0.39, 0.29) is 11.6 Å². The summed E-state index contributed by atoms with van der Waals surface area (Å²) in [6, 6.07) is 4.49. The largest absolute Gasteiger partial charge is 0.478 e. The van der Waals surface area contributed by atoms with Crippen LogP contribution in [-0.4, -0.2) is 49.2 Å². The highest BCUT2D eigenvalue weighted by Crippen LogP contribution is 2.20. The number of carbonyl (C=O) groups is 2. The van der Waals surface area contributed by atoms with Gasteiger partial charge in [0, 0.05) is 6.54 Å². The number of carboxylic acids is 1. The van der Waals surface area contributed by atoms with Crippen LogP contribution in [-0.2, 0) is 0 Å². The second kappa shape index (κ2) is 7.49. The van der Waals surface area contributed by atoms with Gasteiger partial charge in [-0.1, -0.05) is 12.1 Å². The van der Waals surface area contributed by atoms with Crippen LogP contribution in [0.2, 0.25) is 0 Å². The quantitative estimate of drug-likeness (QED) is 0.693. The van der Waals surface area contributed by atoms with Gasteiger partial charge in [-0.3, -0.25) is 0 Å². The summed E-state index contributed by atoms with van der Waals surface area (Å²) in [5, 5.41) is 14.4. The van der Waals surface area contributed by atoms with Gasteiger partial charge in [-0.25, -0.2) is 9.59 Å². The van der Waals surface area contributed by atoms with Crippen molar-refractivity contribution in [1.82, 2.24) is 10.2 Å². The number of carboxylic acid groups (broad SMARTS) is 1. The number of para-hydroxylation sites is 1. The van der Waals surface area contributed by atoms with Crippen LogP contribution in [0, 0.1) is 6.92 Å². The third-order valence-electron chi connectivity index (χ3n) is 2.81. The van der Waals surface area contributed by atoms with Crippen molar-refractivity contribution in [2.75, 3.05) is 32.5 Å². The van der Waals surface area contributed by atoms with Gasteiger partial charge in [0.25, 0.3) is 0 Å². The molecule has 0 saturated heterocycles. The third kappa shape index (κ3) is 4.89. The van der Waals surface area contributed by atoms with E-state index < -0.39 is 5.97 Å². The Morgan fingerprint density at radius 1 is 1.30 bits per heavy atom. The van der Waals surface area contributed by atoms with E-state index in [0.717, 1.165) is 13.0 Å². The normalized spacial score (nSPS) is 10.4. The van der Waals surface area contributed by atoms with Crippen LogP contribution in [0.4, 0.5) is 10.5 Å². The first kappa shape index (κ1) is 16.0. The molecule has 110 valence electrons. The summed E-state index contributed by atoms with van der Waals surface area (Å²) in [7, 11) is 3.93. The van der Waals surface area contributed by atoms with Gasteiger partial charge in [0.1, 0.15) is 0 Å². The van der Waals surface area contributed by atoms with E-state index in [2.05, 4.69) is 10.6 Å². The molecule has 0 radical (unpaired) electrons. The first-order valence-electron chi connectivity index (χ1n) is 6.44. The molecule has 0 unspecified atom stereocenters. The van der Waals surface area contributed by atoms with E-state index in [0.29, 0.717) is 17.8 Å². The molecule has 0 aliphatic rings. The molecule has 1 aromatic rings. The molecule has 0 atom stereocenters. The van der Waals surface area contributed by atoms with E-state index in [4.69, 9.17) is 5.11 Å². The maximum Gasteiger partial charge on any atom is 0.337 e. The van der Waals surface area contributed by atoms with Crippen molar-refractivity contribution in [3.63, 3.8) is 0 Å². The van der Waals surface area contributed by atoms with E-state index in [1.54, 1.807) is 19.1 Å². The summed E-state index contributed by atoms with van der Waals surface area (Å²) < 4.78 is 0. The van der Waals surface area contributed by atoms with Gasteiger partial charge < -0.3 is 20.6 Å². The number of urea groups is 1. The van der Waals surface area contributed by atoms with Crippen molar-refractivity contribution in [1.29, 1.82) is 0 Å². The fourth-order valence-electron chi connectivity index (χ4n) is 1.77. The van der Waals surface area contributed by atoms with Crippen LogP contribution in [0.1, 0.15) is 22.3 Å². The van der Waals surface area contributed by atoms with Crippen molar-refractivity contribution in [2.24, 2.45) is 0 Å². The third-order valence-corrected chi connectivity index (χ3v) is 2.81. The Morgan fingerprint density at radius 2 is 2.00 bits per heavy atom. The molecule has 0 saturated carbocycles. The summed E-state index contributed by atoms with van der Waals surface area (Å²) in [5.41, 5.74) is 1.15. The lowest BCUT2D eigenvalue weighted by atomic mass is 10.1. The number of anilines is 1. The molecule has 0 heterocycles. The van der Waals surface area contributed by atoms with Gasteiger partial charge >= 0.3 is 12.0 Å². The Morgan fingerprint density at radius 3 is 2.60 bits per heavy atom. The number of aromatic carboxylic acids is 1. The standard InChI is InChI=1S/C14H21N3O3/c1-10-6-4-7-11(13(18)19)12(10)16-14(20)15-8-5-9-17(2)3/h4,6-7H,5,8-9H2,1-3H3,(H,18,19)(H2,15,16,20). The lowest BCUT2D eigenvalue weighted by molar-refractivity contribution is 0.0698. The summed E-state index contributed by atoms with van der Waals surface area (Å²) in [6.45, 7) is 3.18. The lowest BCUT2D eigenvalue weighted by Gasteiger charge is -2.13. The molecule has 0 spiro atoms. The topological polar surface area (TPSA) is 81.7 Å². The SMILES string of the molecule is Cc1cccc(C(=O)O)c1NC(=O)NCCCN(C)C. The molecule has 2 amide bonds. The fraction of sp³-hybridized carbons (Fsp3) is 0.429.